The highest BCUT2D eigenvalue weighted by molar-refractivity contribution is 6.06. The Morgan fingerprint density at radius 2 is 2.05 bits per heavy atom. The molecule has 5 nitrogen and oxygen atoms in total. The SMILES string of the molecule is CCCCC(NC(=O)c1cccc2cccnc12)C(=O)O. The minimum absolute atomic E-state index is 0.399. The van der Waals surface area contributed by atoms with E-state index in [4.69, 9.17) is 0 Å². The second-order valence-corrected chi connectivity index (χ2v) is 4.89. The van der Waals surface area contributed by atoms with E-state index in [1.165, 1.54) is 0 Å². The third kappa shape index (κ3) is 3.56. The number of carboxylic acids is 1. The minimum Gasteiger partial charge on any atom is -0.480 e. The van der Waals surface area contributed by atoms with Crippen molar-refractivity contribution < 1.29 is 14.7 Å². The molecule has 0 aliphatic heterocycles. The van der Waals surface area contributed by atoms with E-state index >= 15 is 0 Å². The molecule has 21 heavy (non-hydrogen) atoms. The topological polar surface area (TPSA) is 79.3 Å². The molecule has 0 saturated heterocycles. The second-order valence-electron chi connectivity index (χ2n) is 4.89. The first-order chi connectivity index (χ1) is 10.1. The van der Waals surface area contributed by atoms with Gasteiger partial charge in [-0.3, -0.25) is 9.78 Å². The van der Waals surface area contributed by atoms with Crippen molar-refractivity contribution in [3.8, 4) is 0 Å². The molecule has 1 heterocycles. The summed E-state index contributed by atoms with van der Waals surface area (Å²) in [5, 5.41) is 12.6. The Balaban J connectivity index is 2.23. The third-order valence-corrected chi connectivity index (χ3v) is 3.33. The number of carboxylic acid groups (broad SMARTS) is 1. The summed E-state index contributed by atoms with van der Waals surface area (Å²) in [6.07, 6.45) is 3.68. The molecule has 110 valence electrons. The van der Waals surface area contributed by atoms with Crippen LogP contribution in [0, 0.1) is 0 Å². The summed E-state index contributed by atoms with van der Waals surface area (Å²) < 4.78 is 0. The molecule has 2 rings (SSSR count). The van der Waals surface area contributed by atoms with Gasteiger partial charge in [0.25, 0.3) is 5.91 Å². The molecular formula is C16H18N2O3. The molecule has 5 heteroatoms. The zero-order valence-corrected chi connectivity index (χ0v) is 11.9. The lowest BCUT2D eigenvalue weighted by atomic mass is 10.1. The molecular weight excluding hydrogens is 268 g/mol. The highest BCUT2D eigenvalue weighted by Crippen LogP contribution is 2.16. The number of benzene rings is 1. The van der Waals surface area contributed by atoms with Crippen molar-refractivity contribution in [1.82, 2.24) is 10.3 Å². The second kappa shape index (κ2) is 6.83. The highest BCUT2D eigenvalue weighted by Gasteiger charge is 2.21. The number of aromatic nitrogens is 1. The molecule has 0 aliphatic carbocycles. The van der Waals surface area contributed by atoms with E-state index < -0.39 is 17.9 Å². The summed E-state index contributed by atoms with van der Waals surface area (Å²) in [7, 11) is 0. The van der Waals surface area contributed by atoms with Crippen molar-refractivity contribution in [2.24, 2.45) is 0 Å². The number of fused-ring (bicyclic) bond motifs is 1. The van der Waals surface area contributed by atoms with E-state index in [-0.39, 0.29) is 0 Å². The van der Waals surface area contributed by atoms with E-state index in [0.717, 1.165) is 18.2 Å². The Labute approximate surface area is 123 Å². The van der Waals surface area contributed by atoms with E-state index in [9.17, 15) is 14.7 Å². The van der Waals surface area contributed by atoms with Crippen molar-refractivity contribution in [2.45, 2.75) is 32.2 Å². The van der Waals surface area contributed by atoms with Crippen LogP contribution in [0.2, 0.25) is 0 Å². The van der Waals surface area contributed by atoms with Gasteiger partial charge in [0.1, 0.15) is 6.04 Å². The standard InChI is InChI=1S/C16H18N2O3/c1-2-3-9-13(16(20)21)18-15(19)12-8-4-6-11-7-5-10-17-14(11)12/h4-8,10,13H,2-3,9H2,1H3,(H,18,19)(H,20,21). The van der Waals surface area contributed by atoms with Crippen molar-refractivity contribution in [3.05, 3.63) is 42.1 Å². The summed E-state index contributed by atoms with van der Waals surface area (Å²) in [6, 6.07) is 8.09. The Morgan fingerprint density at radius 1 is 1.29 bits per heavy atom. The van der Waals surface area contributed by atoms with Crippen LogP contribution in [0.5, 0.6) is 0 Å². The average molecular weight is 286 g/mol. The van der Waals surface area contributed by atoms with Gasteiger partial charge < -0.3 is 10.4 Å². The fourth-order valence-electron chi connectivity index (χ4n) is 2.19. The number of nitrogens with one attached hydrogen (secondary N) is 1. The van der Waals surface area contributed by atoms with Crippen molar-refractivity contribution in [3.63, 3.8) is 0 Å². The van der Waals surface area contributed by atoms with Crippen LogP contribution in [0.25, 0.3) is 10.9 Å². The predicted octanol–water partition coefficient (Wildman–Crippen LogP) is 2.61. The summed E-state index contributed by atoms with van der Waals surface area (Å²) in [5.41, 5.74) is 0.980. The largest absolute Gasteiger partial charge is 0.480 e. The Morgan fingerprint density at radius 3 is 2.76 bits per heavy atom. The molecule has 2 N–H and O–H groups in total. The van der Waals surface area contributed by atoms with Crippen LogP contribution in [0.15, 0.2) is 36.5 Å². The fraction of sp³-hybridized carbons (Fsp3) is 0.312. The van der Waals surface area contributed by atoms with Crippen molar-refractivity contribution in [1.29, 1.82) is 0 Å². The molecule has 1 atom stereocenters. The van der Waals surface area contributed by atoms with Crippen molar-refractivity contribution in [2.75, 3.05) is 0 Å². The molecule has 2 aromatic rings. The first-order valence-electron chi connectivity index (χ1n) is 7.01. The maximum Gasteiger partial charge on any atom is 0.326 e. The number of hydrogen-bond donors (Lipinski definition) is 2. The average Bonchev–Trinajstić information content (AvgIpc) is 2.50. The minimum atomic E-state index is -1.01. The van der Waals surface area contributed by atoms with Gasteiger partial charge in [-0.25, -0.2) is 4.79 Å². The van der Waals surface area contributed by atoms with Gasteiger partial charge in [-0.05, 0) is 18.6 Å². The molecule has 0 aliphatic rings. The van der Waals surface area contributed by atoms with E-state index in [2.05, 4.69) is 10.3 Å². The van der Waals surface area contributed by atoms with Gasteiger partial charge in [-0.2, -0.15) is 0 Å². The molecule has 0 fully saturated rings. The first kappa shape index (κ1) is 15.0. The van der Waals surface area contributed by atoms with Gasteiger partial charge in [0.2, 0.25) is 0 Å². The quantitative estimate of drug-likeness (QED) is 0.855. The summed E-state index contributed by atoms with van der Waals surface area (Å²) >= 11 is 0. The summed E-state index contributed by atoms with van der Waals surface area (Å²) in [4.78, 5) is 27.7. The number of pyridine rings is 1. The van der Waals surface area contributed by atoms with Gasteiger partial charge in [0, 0.05) is 11.6 Å². The summed E-state index contributed by atoms with van der Waals surface area (Å²) in [5.74, 6) is -1.41. The predicted molar refractivity (Wildman–Crippen MR) is 80.2 cm³/mol. The Hall–Kier alpha value is -2.43. The number of unbranched alkanes of at least 4 members (excludes halogenated alkanes) is 1. The van der Waals surface area contributed by atoms with Crippen LogP contribution in [0.4, 0.5) is 0 Å². The molecule has 0 spiro atoms. The maximum atomic E-state index is 12.3. The van der Waals surface area contributed by atoms with E-state index in [0.29, 0.717) is 17.5 Å². The molecule has 1 aromatic heterocycles. The maximum absolute atomic E-state index is 12.3. The number of nitrogens with zero attached hydrogens (tertiary/aromatic N) is 1. The highest BCUT2D eigenvalue weighted by atomic mass is 16.4. The lowest BCUT2D eigenvalue weighted by Gasteiger charge is -2.14. The van der Waals surface area contributed by atoms with Crippen LogP contribution >= 0.6 is 0 Å². The molecule has 0 radical (unpaired) electrons. The number of hydrogen-bond acceptors (Lipinski definition) is 3. The van der Waals surface area contributed by atoms with Gasteiger partial charge >= 0.3 is 5.97 Å². The Bertz CT molecular complexity index is 650. The molecule has 1 aromatic carbocycles. The lowest BCUT2D eigenvalue weighted by molar-refractivity contribution is -0.139. The van der Waals surface area contributed by atoms with Crippen LogP contribution in [0.1, 0.15) is 36.5 Å². The third-order valence-electron chi connectivity index (χ3n) is 3.33. The molecule has 0 bridgehead atoms. The molecule has 0 saturated carbocycles. The number of rotatable bonds is 6. The number of carbonyl (C=O) groups is 2. The van der Waals surface area contributed by atoms with Gasteiger partial charge in [0.05, 0.1) is 11.1 Å². The zero-order valence-electron chi connectivity index (χ0n) is 11.9. The van der Waals surface area contributed by atoms with Gasteiger partial charge in [0.15, 0.2) is 0 Å². The zero-order chi connectivity index (χ0) is 15.2. The number of aliphatic carboxylic acids is 1. The normalized spacial score (nSPS) is 12.0. The monoisotopic (exact) mass is 286 g/mol. The Kier molecular flexibility index (Phi) is 4.87. The molecule has 1 amide bonds. The van der Waals surface area contributed by atoms with Crippen LogP contribution in [0.3, 0.4) is 0 Å². The van der Waals surface area contributed by atoms with Crippen LogP contribution < -0.4 is 5.32 Å². The number of amides is 1. The van der Waals surface area contributed by atoms with E-state index in [1.807, 2.05) is 19.1 Å². The van der Waals surface area contributed by atoms with Gasteiger partial charge in [-0.15, -0.1) is 0 Å². The van der Waals surface area contributed by atoms with Gasteiger partial charge in [-0.1, -0.05) is 38.0 Å². The first-order valence-corrected chi connectivity index (χ1v) is 7.01. The van der Waals surface area contributed by atoms with E-state index in [1.54, 1.807) is 24.4 Å². The summed E-state index contributed by atoms with van der Waals surface area (Å²) in [6.45, 7) is 1.98. The van der Waals surface area contributed by atoms with Crippen LogP contribution in [-0.2, 0) is 4.79 Å². The molecule has 1 unspecified atom stereocenters. The smallest absolute Gasteiger partial charge is 0.326 e. The van der Waals surface area contributed by atoms with Crippen molar-refractivity contribution >= 4 is 22.8 Å². The lowest BCUT2D eigenvalue weighted by Crippen LogP contribution is -2.40. The number of carbonyl (C=O) groups excluding carboxylic acids is 1. The fourth-order valence-corrected chi connectivity index (χ4v) is 2.19. The van der Waals surface area contributed by atoms with Crippen LogP contribution in [-0.4, -0.2) is 28.0 Å². The number of para-hydroxylation sites is 1.